The largest absolute Gasteiger partial charge is 0.330 e. The number of aromatic nitrogens is 3. The fourth-order valence-corrected chi connectivity index (χ4v) is 2.24. The standard InChI is InChI=1S/C11H12BrClN4/c12-8-3-4-11(10(13)6-8)17-7-9(15-16-17)2-1-5-14/h3-4,6-7H,1-2,5,14H2. The molecule has 0 radical (unpaired) electrons. The number of hydrogen-bond acceptors (Lipinski definition) is 3. The first-order chi connectivity index (χ1) is 8.20. The minimum absolute atomic E-state index is 0.634. The first-order valence-corrected chi connectivity index (χ1v) is 6.44. The molecule has 0 aliphatic carbocycles. The maximum atomic E-state index is 6.14. The number of nitrogens with zero attached hydrogens (tertiary/aromatic N) is 3. The Morgan fingerprint density at radius 3 is 2.94 bits per heavy atom. The molecule has 17 heavy (non-hydrogen) atoms. The van der Waals surface area contributed by atoms with E-state index < -0.39 is 0 Å². The Balaban J connectivity index is 2.24. The number of aryl methyl sites for hydroxylation is 1. The van der Waals surface area contributed by atoms with Crippen molar-refractivity contribution in [3.8, 4) is 5.69 Å². The van der Waals surface area contributed by atoms with Crippen molar-refractivity contribution >= 4 is 27.5 Å². The lowest BCUT2D eigenvalue weighted by Gasteiger charge is -2.02. The van der Waals surface area contributed by atoms with Crippen molar-refractivity contribution in [2.24, 2.45) is 5.73 Å². The van der Waals surface area contributed by atoms with Crippen LogP contribution in [0, 0.1) is 0 Å². The number of hydrogen-bond donors (Lipinski definition) is 1. The minimum Gasteiger partial charge on any atom is -0.330 e. The van der Waals surface area contributed by atoms with Crippen molar-refractivity contribution in [2.75, 3.05) is 6.54 Å². The van der Waals surface area contributed by atoms with Gasteiger partial charge in [-0.1, -0.05) is 32.7 Å². The van der Waals surface area contributed by atoms with Crippen LogP contribution in [0.15, 0.2) is 28.9 Å². The fourth-order valence-electron chi connectivity index (χ4n) is 1.48. The quantitative estimate of drug-likeness (QED) is 0.943. The predicted molar refractivity (Wildman–Crippen MR) is 71.4 cm³/mol. The van der Waals surface area contributed by atoms with E-state index in [1.807, 2.05) is 24.4 Å². The van der Waals surface area contributed by atoms with E-state index in [-0.39, 0.29) is 0 Å². The molecule has 0 amide bonds. The summed E-state index contributed by atoms with van der Waals surface area (Å²) in [4.78, 5) is 0. The van der Waals surface area contributed by atoms with Crippen molar-refractivity contribution < 1.29 is 0 Å². The van der Waals surface area contributed by atoms with E-state index in [2.05, 4.69) is 26.2 Å². The van der Waals surface area contributed by atoms with E-state index in [4.69, 9.17) is 17.3 Å². The average molecular weight is 316 g/mol. The molecule has 90 valence electrons. The van der Waals surface area contributed by atoms with Gasteiger partial charge in [-0.15, -0.1) is 5.10 Å². The van der Waals surface area contributed by atoms with Gasteiger partial charge in [0.15, 0.2) is 0 Å². The van der Waals surface area contributed by atoms with E-state index >= 15 is 0 Å². The van der Waals surface area contributed by atoms with Gasteiger partial charge in [0.05, 0.1) is 22.6 Å². The molecule has 0 aliphatic heterocycles. The summed E-state index contributed by atoms with van der Waals surface area (Å²) in [6.07, 6.45) is 3.63. The summed E-state index contributed by atoms with van der Waals surface area (Å²) in [5.41, 5.74) is 7.20. The molecule has 0 saturated carbocycles. The lowest BCUT2D eigenvalue weighted by molar-refractivity contribution is 0.779. The molecule has 6 heteroatoms. The summed E-state index contributed by atoms with van der Waals surface area (Å²) < 4.78 is 2.62. The van der Waals surface area contributed by atoms with E-state index in [0.29, 0.717) is 11.6 Å². The molecule has 2 rings (SSSR count). The van der Waals surface area contributed by atoms with E-state index in [1.165, 1.54) is 0 Å². The lowest BCUT2D eigenvalue weighted by Crippen LogP contribution is -2.00. The van der Waals surface area contributed by atoms with Gasteiger partial charge in [-0.25, -0.2) is 4.68 Å². The molecule has 0 saturated heterocycles. The monoisotopic (exact) mass is 314 g/mol. The van der Waals surface area contributed by atoms with Gasteiger partial charge in [0, 0.05) is 4.47 Å². The van der Waals surface area contributed by atoms with Gasteiger partial charge in [-0.05, 0) is 37.6 Å². The Morgan fingerprint density at radius 2 is 2.24 bits per heavy atom. The summed E-state index contributed by atoms with van der Waals surface area (Å²) in [5.74, 6) is 0. The molecule has 0 bridgehead atoms. The van der Waals surface area contributed by atoms with Crippen LogP contribution in [0.5, 0.6) is 0 Å². The molecule has 0 unspecified atom stereocenters. The Kier molecular flexibility index (Phi) is 4.15. The predicted octanol–water partition coefficient (Wildman–Crippen LogP) is 2.57. The highest BCUT2D eigenvalue weighted by Gasteiger charge is 2.06. The SMILES string of the molecule is NCCCc1cn(-c2ccc(Br)cc2Cl)nn1. The highest BCUT2D eigenvalue weighted by molar-refractivity contribution is 9.10. The Hall–Kier alpha value is -0.910. The normalized spacial score (nSPS) is 10.8. The molecule has 2 N–H and O–H groups in total. The van der Waals surface area contributed by atoms with Gasteiger partial charge < -0.3 is 5.73 Å². The zero-order chi connectivity index (χ0) is 12.3. The molecule has 1 aromatic carbocycles. The van der Waals surface area contributed by atoms with Gasteiger partial charge >= 0.3 is 0 Å². The van der Waals surface area contributed by atoms with Crippen molar-refractivity contribution in [3.05, 3.63) is 39.6 Å². The van der Waals surface area contributed by atoms with Crippen LogP contribution < -0.4 is 5.73 Å². The van der Waals surface area contributed by atoms with Crippen LogP contribution in [0.1, 0.15) is 12.1 Å². The number of benzene rings is 1. The summed E-state index contributed by atoms with van der Waals surface area (Å²) in [6, 6.07) is 5.65. The van der Waals surface area contributed by atoms with Crippen LogP contribution in [0.4, 0.5) is 0 Å². The van der Waals surface area contributed by atoms with Crippen molar-refractivity contribution in [2.45, 2.75) is 12.8 Å². The molecule has 0 fully saturated rings. The van der Waals surface area contributed by atoms with Crippen LogP contribution in [0.2, 0.25) is 5.02 Å². The highest BCUT2D eigenvalue weighted by Crippen LogP contribution is 2.24. The van der Waals surface area contributed by atoms with E-state index in [1.54, 1.807) is 4.68 Å². The Morgan fingerprint density at radius 1 is 1.41 bits per heavy atom. The maximum absolute atomic E-state index is 6.14. The smallest absolute Gasteiger partial charge is 0.0850 e. The highest BCUT2D eigenvalue weighted by atomic mass is 79.9. The first-order valence-electron chi connectivity index (χ1n) is 5.27. The first kappa shape index (κ1) is 12.5. The number of halogens is 2. The van der Waals surface area contributed by atoms with Crippen molar-refractivity contribution in [1.29, 1.82) is 0 Å². The molecule has 4 nitrogen and oxygen atoms in total. The van der Waals surface area contributed by atoms with E-state index in [9.17, 15) is 0 Å². The second-order valence-corrected chi connectivity index (χ2v) is 4.97. The van der Waals surface area contributed by atoms with Gasteiger partial charge in [0.25, 0.3) is 0 Å². The lowest BCUT2D eigenvalue weighted by atomic mass is 10.2. The van der Waals surface area contributed by atoms with Crippen LogP contribution in [-0.4, -0.2) is 21.5 Å². The van der Waals surface area contributed by atoms with Crippen LogP contribution in [0.3, 0.4) is 0 Å². The zero-order valence-corrected chi connectivity index (χ0v) is 11.4. The van der Waals surface area contributed by atoms with Crippen molar-refractivity contribution in [1.82, 2.24) is 15.0 Å². The topological polar surface area (TPSA) is 56.7 Å². The van der Waals surface area contributed by atoms with Crippen LogP contribution >= 0.6 is 27.5 Å². The zero-order valence-electron chi connectivity index (χ0n) is 9.11. The number of nitrogens with two attached hydrogens (primary N) is 1. The molecule has 0 spiro atoms. The number of rotatable bonds is 4. The second kappa shape index (κ2) is 5.62. The third-order valence-corrected chi connectivity index (χ3v) is 3.13. The van der Waals surface area contributed by atoms with Crippen molar-refractivity contribution in [3.63, 3.8) is 0 Å². The third kappa shape index (κ3) is 3.06. The van der Waals surface area contributed by atoms with Gasteiger partial charge in [0.1, 0.15) is 0 Å². The molecule has 0 aliphatic rings. The molecule has 1 heterocycles. The summed E-state index contributed by atoms with van der Waals surface area (Å²) in [5, 5.41) is 8.77. The van der Waals surface area contributed by atoms with Crippen LogP contribution in [-0.2, 0) is 6.42 Å². The Bertz CT molecular complexity index is 512. The molecular weight excluding hydrogens is 304 g/mol. The van der Waals surface area contributed by atoms with E-state index in [0.717, 1.165) is 28.7 Å². The molecule has 2 aromatic rings. The Labute approximate surface area is 113 Å². The summed E-state index contributed by atoms with van der Waals surface area (Å²) in [7, 11) is 0. The van der Waals surface area contributed by atoms with Gasteiger partial charge in [-0.2, -0.15) is 0 Å². The fraction of sp³-hybridized carbons (Fsp3) is 0.273. The second-order valence-electron chi connectivity index (χ2n) is 3.64. The molecule has 0 atom stereocenters. The summed E-state index contributed by atoms with van der Waals surface area (Å²) in [6.45, 7) is 0.659. The molecule has 1 aromatic heterocycles. The summed E-state index contributed by atoms with van der Waals surface area (Å²) >= 11 is 9.50. The minimum atomic E-state index is 0.634. The molecular formula is C11H12BrClN4. The average Bonchev–Trinajstić information content (AvgIpc) is 2.75. The van der Waals surface area contributed by atoms with Gasteiger partial charge in [0.2, 0.25) is 0 Å². The van der Waals surface area contributed by atoms with Gasteiger partial charge in [-0.3, -0.25) is 0 Å². The third-order valence-electron chi connectivity index (χ3n) is 2.33. The maximum Gasteiger partial charge on any atom is 0.0850 e. The van der Waals surface area contributed by atoms with Crippen LogP contribution in [0.25, 0.3) is 5.69 Å².